The molecule has 0 saturated carbocycles. The minimum Gasteiger partial charge on any atom is -0.493 e. The van der Waals surface area contributed by atoms with E-state index < -0.39 is 5.82 Å². The summed E-state index contributed by atoms with van der Waals surface area (Å²) in [6.45, 7) is 7.34. The van der Waals surface area contributed by atoms with Crippen LogP contribution in [0.3, 0.4) is 0 Å². The molecule has 1 aromatic carbocycles. The minimum absolute atomic E-state index is 0.0703. The third-order valence-electron chi connectivity index (χ3n) is 5.54. The Kier molecular flexibility index (Phi) is 8.70. The van der Waals surface area contributed by atoms with Crippen molar-refractivity contribution in [1.29, 1.82) is 0 Å². The zero-order valence-electron chi connectivity index (χ0n) is 19.0. The molecule has 6 nitrogen and oxygen atoms in total. The molecular weight excluding hydrogens is 431 g/mol. The molecule has 174 valence electrons. The van der Waals surface area contributed by atoms with E-state index in [1.165, 1.54) is 6.07 Å². The van der Waals surface area contributed by atoms with Gasteiger partial charge in [-0.15, -0.1) is 0 Å². The summed E-state index contributed by atoms with van der Waals surface area (Å²) in [7, 11) is 2.08. The number of hydrogen-bond donors (Lipinski definition) is 1. The average molecular weight is 463 g/mol. The summed E-state index contributed by atoms with van der Waals surface area (Å²) in [5, 5.41) is 3.25. The maximum Gasteiger partial charge on any atom is 0.318 e. The van der Waals surface area contributed by atoms with Crippen molar-refractivity contribution in [2.75, 3.05) is 26.7 Å². The molecular formula is C24H32ClFN4O2. The van der Waals surface area contributed by atoms with Gasteiger partial charge in [0.15, 0.2) is 0 Å². The molecule has 0 radical (unpaired) electrons. The SMILES string of the molecule is CC(C)COc1ccc(CNC(=O)N(Cc2ncc(F)cc2Cl)C2CCN(C)CC2)cc1. The van der Waals surface area contributed by atoms with Gasteiger partial charge in [0.2, 0.25) is 0 Å². The van der Waals surface area contributed by atoms with Crippen LogP contribution in [-0.2, 0) is 13.1 Å². The number of carbonyl (C=O) groups excluding carboxylic acids is 1. The third-order valence-corrected chi connectivity index (χ3v) is 5.87. The first-order chi connectivity index (χ1) is 15.3. The van der Waals surface area contributed by atoms with Crippen molar-refractivity contribution in [2.45, 2.75) is 45.8 Å². The van der Waals surface area contributed by atoms with E-state index in [4.69, 9.17) is 16.3 Å². The van der Waals surface area contributed by atoms with Crippen LogP contribution in [0.15, 0.2) is 36.5 Å². The van der Waals surface area contributed by atoms with E-state index in [0.29, 0.717) is 24.8 Å². The van der Waals surface area contributed by atoms with Gasteiger partial charge in [-0.1, -0.05) is 37.6 Å². The van der Waals surface area contributed by atoms with Gasteiger partial charge in [-0.3, -0.25) is 4.98 Å². The van der Waals surface area contributed by atoms with Crippen LogP contribution >= 0.6 is 11.6 Å². The normalized spacial score (nSPS) is 15.1. The van der Waals surface area contributed by atoms with Crippen molar-refractivity contribution >= 4 is 17.6 Å². The first kappa shape index (κ1) is 24.3. The van der Waals surface area contributed by atoms with Crippen molar-refractivity contribution < 1.29 is 13.9 Å². The Labute approximate surface area is 194 Å². The number of carbonyl (C=O) groups is 1. The Balaban J connectivity index is 1.65. The number of amides is 2. The molecule has 32 heavy (non-hydrogen) atoms. The maximum absolute atomic E-state index is 13.4. The molecule has 2 amide bonds. The Hall–Kier alpha value is -2.38. The van der Waals surface area contributed by atoms with Crippen LogP contribution in [0.25, 0.3) is 0 Å². The summed E-state index contributed by atoms with van der Waals surface area (Å²) in [6.07, 6.45) is 2.87. The van der Waals surface area contributed by atoms with E-state index in [1.54, 1.807) is 4.90 Å². The highest BCUT2D eigenvalue weighted by Crippen LogP contribution is 2.22. The van der Waals surface area contributed by atoms with E-state index in [9.17, 15) is 9.18 Å². The van der Waals surface area contributed by atoms with Crippen LogP contribution in [0.1, 0.15) is 37.9 Å². The predicted octanol–water partition coefficient (Wildman–Crippen LogP) is 4.71. The van der Waals surface area contributed by atoms with Crippen LogP contribution in [0.4, 0.5) is 9.18 Å². The van der Waals surface area contributed by atoms with E-state index in [0.717, 1.165) is 43.4 Å². The van der Waals surface area contributed by atoms with Crippen LogP contribution in [-0.4, -0.2) is 53.6 Å². The molecule has 1 N–H and O–H groups in total. The number of piperidine rings is 1. The van der Waals surface area contributed by atoms with Crippen molar-refractivity contribution in [3.05, 3.63) is 58.6 Å². The summed E-state index contributed by atoms with van der Waals surface area (Å²) in [5.74, 6) is 0.789. The number of hydrogen-bond acceptors (Lipinski definition) is 4. The zero-order valence-corrected chi connectivity index (χ0v) is 19.7. The number of nitrogens with zero attached hydrogens (tertiary/aromatic N) is 3. The van der Waals surface area contributed by atoms with Crippen LogP contribution < -0.4 is 10.1 Å². The molecule has 0 unspecified atom stereocenters. The second-order valence-electron chi connectivity index (χ2n) is 8.75. The lowest BCUT2D eigenvalue weighted by Gasteiger charge is -2.37. The number of pyridine rings is 1. The number of nitrogens with one attached hydrogen (secondary N) is 1. The summed E-state index contributed by atoms with van der Waals surface area (Å²) in [5.41, 5.74) is 1.48. The molecule has 0 spiro atoms. The number of benzene rings is 1. The van der Waals surface area contributed by atoms with E-state index >= 15 is 0 Å². The van der Waals surface area contributed by atoms with Gasteiger partial charge in [-0.25, -0.2) is 9.18 Å². The number of halogens is 2. The Morgan fingerprint density at radius 1 is 1.31 bits per heavy atom. The zero-order chi connectivity index (χ0) is 23.1. The summed E-state index contributed by atoms with van der Waals surface area (Å²) in [6, 6.07) is 8.87. The lowest BCUT2D eigenvalue weighted by molar-refractivity contribution is 0.126. The first-order valence-electron chi connectivity index (χ1n) is 11.1. The molecule has 1 aliphatic heterocycles. The van der Waals surface area contributed by atoms with Gasteiger partial charge in [-0.2, -0.15) is 0 Å². The Morgan fingerprint density at radius 3 is 2.62 bits per heavy atom. The van der Waals surface area contributed by atoms with Gasteiger partial charge in [0.05, 0.1) is 30.1 Å². The van der Waals surface area contributed by atoms with E-state index in [1.807, 2.05) is 24.3 Å². The molecule has 1 fully saturated rings. The van der Waals surface area contributed by atoms with Crippen molar-refractivity contribution in [3.8, 4) is 5.75 Å². The summed E-state index contributed by atoms with van der Waals surface area (Å²) >= 11 is 6.19. The fourth-order valence-corrected chi connectivity index (χ4v) is 3.85. The highest BCUT2D eigenvalue weighted by molar-refractivity contribution is 6.31. The predicted molar refractivity (Wildman–Crippen MR) is 124 cm³/mol. The van der Waals surface area contributed by atoms with Gasteiger partial charge >= 0.3 is 6.03 Å². The number of likely N-dealkylation sites (tertiary alicyclic amines) is 1. The summed E-state index contributed by atoms with van der Waals surface area (Å²) < 4.78 is 19.1. The van der Waals surface area contributed by atoms with Crippen LogP contribution in [0.5, 0.6) is 5.75 Å². The van der Waals surface area contributed by atoms with Gasteiger partial charge in [0.25, 0.3) is 0 Å². The number of rotatable bonds is 8. The number of aromatic nitrogens is 1. The van der Waals surface area contributed by atoms with Crippen molar-refractivity contribution in [2.24, 2.45) is 5.92 Å². The van der Waals surface area contributed by atoms with Crippen molar-refractivity contribution in [1.82, 2.24) is 20.1 Å². The average Bonchev–Trinajstić information content (AvgIpc) is 2.77. The fourth-order valence-electron chi connectivity index (χ4n) is 3.64. The van der Waals surface area contributed by atoms with Crippen LogP contribution in [0, 0.1) is 11.7 Å². The quantitative estimate of drug-likeness (QED) is 0.617. The minimum atomic E-state index is -0.491. The molecule has 0 bridgehead atoms. The third kappa shape index (κ3) is 7.07. The lowest BCUT2D eigenvalue weighted by Crippen LogP contribution is -2.49. The second-order valence-corrected chi connectivity index (χ2v) is 9.16. The molecule has 2 aromatic rings. The van der Waals surface area contributed by atoms with Gasteiger partial charge in [-0.05, 0) is 62.7 Å². The lowest BCUT2D eigenvalue weighted by atomic mass is 10.0. The van der Waals surface area contributed by atoms with Crippen molar-refractivity contribution in [3.63, 3.8) is 0 Å². The molecule has 1 aliphatic rings. The monoisotopic (exact) mass is 462 g/mol. The Bertz CT molecular complexity index is 886. The van der Waals surface area contributed by atoms with Gasteiger partial charge in [0, 0.05) is 12.6 Å². The van der Waals surface area contributed by atoms with Crippen LogP contribution in [0.2, 0.25) is 5.02 Å². The molecule has 0 aliphatic carbocycles. The second kappa shape index (κ2) is 11.5. The largest absolute Gasteiger partial charge is 0.493 e. The summed E-state index contributed by atoms with van der Waals surface area (Å²) in [4.78, 5) is 21.3. The van der Waals surface area contributed by atoms with E-state index in [2.05, 4.69) is 36.1 Å². The first-order valence-corrected chi connectivity index (χ1v) is 11.4. The fraction of sp³-hybridized carbons (Fsp3) is 0.500. The molecule has 2 heterocycles. The molecule has 3 rings (SSSR count). The Morgan fingerprint density at radius 2 is 2.00 bits per heavy atom. The van der Waals surface area contributed by atoms with Gasteiger partial charge in [0.1, 0.15) is 11.6 Å². The smallest absolute Gasteiger partial charge is 0.318 e. The molecule has 1 saturated heterocycles. The standard InChI is InChI=1S/C24H32ClFN4O2/c1-17(2)16-32-21-6-4-18(5-7-21)13-28-24(31)30(20-8-10-29(3)11-9-20)15-23-22(25)12-19(26)14-27-23/h4-7,12,14,17,20H,8-11,13,15-16H2,1-3H3,(H,28,31). The highest BCUT2D eigenvalue weighted by Gasteiger charge is 2.28. The van der Waals surface area contributed by atoms with E-state index in [-0.39, 0.29) is 23.6 Å². The molecule has 8 heteroatoms. The number of ether oxygens (including phenoxy) is 1. The van der Waals surface area contributed by atoms with Gasteiger partial charge < -0.3 is 19.9 Å². The topological polar surface area (TPSA) is 57.7 Å². The molecule has 0 atom stereocenters. The molecule has 1 aromatic heterocycles. The maximum atomic E-state index is 13.4. The number of urea groups is 1. The highest BCUT2D eigenvalue weighted by atomic mass is 35.5.